The van der Waals surface area contributed by atoms with Gasteiger partial charge in [0, 0.05) is 74.3 Å². The number of hydrogen-bond donors (Lipinski definition) is 1. The minimum absolute atomic E-state index is 0.238. The van der Waals surface area contributed by atoms with E-state index in [2.05, 4.69) is 180 Å². The summed E-state index contributed by atoms with van der Waals surface area (Å²) in [5.41, 5.74) is 9.63. The minimum atomic E-state index is -0.238. The zero-order chi connectivity index (χ0) is 37.5. The van der Waals surface area contributed by atoms with Crippen LogP contribution in [0.5, 0.6) is 0 Å². The third kappa shape index (κ3) is 5.25. The van der Waals surface area contributed by atoms with E-state index >= 15 is 0 Å². The average Bonchev–Trinajstić information content (AvgIpc) is 3.96. The maximum absolute atomic E-state index is 5.16. The molecule has 3 unspecified atom stereocenters. The first kappa shape index (κ1) is 32.6. The normalized spacial score (nSPS) is 18.5. The second-order valence-electron chi connectivity index (χ2n) is 14.9. The molecule has 7 aromatic carbocycles. The molecule has 2 aromatic heterocycles. The summed E-state index contributed by atoms with van der Waals surface area (Å²) in [6, 6.07) is 57.3. The van der Waals surface area contributed by atoms with Gasteiger partial charge in [0.2, 0.25) is 0 Å². The largest absolute Gasteiger partial charge is 0.344 e. The molecule has 270 valence electrons. The van der Waals surface area contributed by atoms with E-state index in [-0.39, 0.29) is 12.2 Å². The SMILES string of the molecule is C1=CC2c3ccccc3N(c3ccc4sc5cccc(-c6cccc7c6sc6cc(C8=NC(c9ccccc9)NC(c9ccccc9)=N8)ccc67)c5c4c3)C2C=C1. The Balaban J connectivity index is 0.987. The van der Waals surface area contributed by atoms with Crippen LogP contribution in [-0.2, 0) is 0 Å². The van der Waals surface area contributed by atoms with Crippen molar-refractivity contribution in [3.63, 3.8) is 0 Å². The number of nitrogens with zero attached hydrogens (tertiary/aromatic N) is 3. The highest BCUT2D eigenvalue weighted by Gasteiger charge is 2.37. The number of para-hydroxylation sites is 1. The van der Waals surface area contributed by atoms with E-state index in [9.17, 15) is 0 Å². The lowest BCUT2D eigenvalue weighted by Gasteiger charge is -2.28. The molecule has 6 heteroatoms. The summed E-state index contributed by atoms with van der Waals surface area (Å²) >= 11 is 3.75. The number of anilines is 2. The molecule has 0 fully saturated rings. The van der Waals surface area contributed by atoms with Crippen LogP contribution < -0.4 is 10.2 Å². The lowest BCUT2D eigenvalue weighted by molar-refractivity contribution is 0.674. The summed E-state index contributed by atoms with van der Waals surface area (Å²) < 4.78 is 5.14. The predicted molar refractivity (Wildman–Crippen MR) is 243 cm³/mol. The van der Waals surface area contributed by atoms with E-state index in [0.29, 0.717) is 5.92 Å². The van der Waals surface area contributed by atoms with E-state index in [1.54, 1.807) is 0 Å². The molecule has 0 saturated heterocycles. The average molecular weight is 767 g/mol. The van der Waals surface area contributed by atoms with Gasteiger partial charge < -0.3 is 10.2 Å². The van der Waals surface area contributed by atoms with Gasteiger partial charge in [-0.15, -0.1) is 22.7 Å². The Labute approximate surface area is 338 Å². The zero-order valence-corrected chi connectivity index (χ0v) is 32.3. The van der Waals surface area contributed by atoms with Crippen molar-refractivity contribution < 1.29 is 0 Å². The third-order valence-electron chi connectivity index (χ3n) is 11.7. The minimum Gasteiger partial charge on any atom is -0.344 e. The maximum atomic E-state index is 5.16. The van der Waals surface area contributed by atoms with E-state index in [0.717, 1.165) is 28.4 Å². The quantitative estimate of drug-likeness (QED) is 0.189. The molecular formula is C51H34N4S2. The van der Waals surface area contributed by atoms with Crippen LogP contribution in [0, 0.1) is 0 Å². The first-order valence-corrected chi connectivity index (χ1v) is 21.1. The fourth-order valence-electron chi connectivity index (χ4n) is 9.06. The number of nitrogens with one attached hydrogen (secondary N) is 1. The standard InChI is InChI=1S/C51H34N4S2/c1-3-13-31(14-4-1)49-52-50(32-15-5-2-6-16-32)54-51(53-49)33-25-27-37-39-20-11-21-40(48(39)57-46(37)29-33)38-19-12-24-45-47(38)41-30-34(26-28-44(41)56-45)55-42-22-9-7-17-35(42)36-18-8-10-23-43(36)55/h1-30,35,42,49H,(H,52,53,54). The van der Waals surface area contributed by atoms with Crippen LogP contribution in [0.1, 0.15) is 34.3 Å². The van der Waals surface area contributed by atoms with Crippen molar-refractivity contribution in [2.24, 2.45) is 9.98 Å². The van der Waals surface area contributed by atoms with Gasteiger partial charge in [0.15, 0.2) is 5.84 Å². The number of fused-ring (bicyclic) bond motifs is 9. The summed E-state index contributed by atoms with van der Waals surface area (Å²) in [5, 5.41) is 8.75. The van der Waals surface area contributed by atoms with Crippen molar-refractivity contribution in [1.29, 1.82) is 0 Å². The fourth-order valence-corrected chi connectivity index (χ4v) is 11.4. The molecule has 4 heterocycles. The first-order chi connectivity index (χ1) is 28.2. The van der Waals surface area contributed by atoms with Crippen LogP contribution in [0.3, 0.4) is 0 Å². The van der Waals surface area contributed by atoms with Crippen LogP contribution in [0.4, 0.5) is 11.4 Å². The first-order valence-electron chi connectivity index (χ1n) is 19.4. The number of thiophene rings is 2. The number of rotatable bonds is 5. The molecule has 3 atom stereocenters. The Morgan fingerprint density at radius 3 is 2.28 bits per heavy atom. The molecule has 1 aliphatic carbocycles. The van der Waals surface area contributed by atoms with Gasteiger partial charge >= 0.3 is 0 Å². The zero-order valence-electron chi connectivity index (χ0n) is 30.7. The van der Waals surface area contributed by atoms with Gasteiger partial charge in [-0.3, -0.25) is 0 Å². The lowest BCUT2D eigenvalue weighted by Crippen LogP contribution is -2.33. The molecule has 0 spiro atoms. The van der Waals surface area contributed by atoms with Gasteiger partial charge in [0.1, 0.15) is 12.0 Å². The van der Waals surface area contributed by atoms with Crippen LogP contribution in [0.15, 0.2) is 192 Å². The van der Waals surface area contributed by atoms with Crippen LogP contribution in [0.25, 0.3) is 51.5 Å². The lowest BCUT2D eigenvalue weighted by atomic mass is 9.91. The highest BCUT2D eigenvalue weighted by atomic mass is 32.1. The van der Waals surface area contributed by atoms with Crippen LogP contribution in [-0.4, -0.2) is 17.7 Å². The molecule has 0 bridgehead atoms. The van der Waals surface area contributed by atoms with E-state index in [1.807, 2.05) is 34.8 Å². The van der Waals surface area contributed by atoms with Crippen molar-refractivity contribution in [2.45, 2.75) is 18.1 Å². The summed E-state index contributed by atoms with van der Waals surface area (Å²) in [5.74, 6) is 1.92. The predicted octanol–water partition coefficient (Wildman–Crippen LogP) is 13.3. The van der Waals surface area contributed by atoms with Crippen LogP contribution >= 0.6 is 22.7 Å². The highest BCUT2D eigenvalue weighted by molar-refractivity contribution is 7.27. The molecule has 0 amide bonds. The number of hydrogen-bond acceptors (Lipinski definition) is 6. The van der Waals surface area contributed by atoms with Crippen molar-refractivity contribution in [1.82, 2.24) is 5.32 Å². The van der Waals surface area contributed by atoms with Gasteiger partial charge in [-0.1, -0.05) is 146 Å². The molecule has 0 radical (unpaired) electrons. The smallest absolute Gasteiger partial charge is 0.159 e. The fraction of sp³-hybridized carbons (Fsp3) is 0.0588. The van der Waals surface area contributed by atoms with Gasteiger partial charge in [-0.25, -0.2) is 9.98 Å². The van der Waals surface area contributed by atoms with Crippen molar-refractivity contribution in [3.05, 3.63) is 204 Å². The van der Waals surface area contributed by atoms with Crippen LogP contribution in [0.2, 0.25) is 0 Å². The number of benzene rings is 7. The van der Waals surface area contributed by atoms with E-state index in [1.165, 1.54) is 68.4 Å². The summed E-state index contributed by atoms with van der Waals surface area (Å²) in [6.07, 6.45) is 8.86. The molecule has 1 N–H and O–H groups in total. The molecule has 4 nitrogen and oxygen atoms in total. The Hall–Kier alpha value is -6.60. The van der Waals surface area contributed by atoms with Crippen molar-refractivity contribution in [3.8, 4) is 11.1 Å². The third-order valence-corrected chi connectivity index (χ3v) is 14.0. The second-order valence-corrected chi connectivity index (χ2v) is 17.0. The van der Waals surface area contributed by atoms with Gasteiger partial charge in [0.25, 0.3) is 0 Å². The Kier molecular flexibility index (Phi) is 7.43. The number of aliphatic imine (C=N–C) groups is 2. The van der Waals surface area contributed by atoms with Crippen molar-refractivity contribution >= 4 is 86.1 Å². The van der Waals surface area contributed by atoms with Gasteiger partial charge in [-0.05, 0) is 53.1 Å². The summed E-state index contributed by atoms with van der Waals surface area (Å²) in [4.78, 5) is 12.8. The summed E-state index contributed by atoms with van der Waals surface area (Å²) in [7, 11) is 0. The molecule has 3 aliphatic rings. The highest BCUT2D eigenvalue weighted by Crippen LogP contribution is 2.50. The van der Waals surface area contributed by atoms with Gasteiger partial charge in [0.05, 0.1) is 6.04 Å². The monoisotopic (exact) mass is 766 g/mol. The molecule has 57 heavy (non-hydrogen) atoms. The molecule has 2 aliphatic heterocycles. The van der Waals surface area contributed by atoms with E-state index in [4.69, 9.17) is 9.98 Å². The molecule has 9 aromatic rings. The Bertz CT molecular complexity index is 3190. The topological polar surface area (TPSA) is 40.0 Å². The summed E-state index contributed by atoms with van der Waals surface area (Å²) in [6.45, 7) is 0. The van der Waals surface area contributed by atoms with Gasteiger partial charge in [-0.2, -0.15) is 0 Å². The molecular weight excluding hydrogens is 733 g/mol. The Morgan fingerprint density at radius 2 is 1.37 bits per heavy atom. The Morgan fingerprint density at radius 1 is 0.561 bits per heavy atom. The molecule has 0 saturated carbocycles. The second kappa shape index (κ2) is 13.0. The van der Waals surface area contributed by atoms with Crippen molar-refractivity contribution in [2.75, 3.05) is 4.90 Å². The van der Waals surface area contributed by atoms with E-state index < -0.39 is 0 Å². The number of allylic oxidation sites excluding steroid dienone is 2. The molecule has 12 rings (SSSR count). The maximum Gasteiger partial charge on any atom is 0.159 e. The number of amidine groups is 2.